The number of aromatic amines is 1. The van der Waals surface area contributed by atoms with Crippen LogP contribution in [0.5, 0.6) is 0 Å². The van der Waals surface area contributed by atoms with E-state index in [9.17, 15) is 9.59 Å². The van der Waals surface area contributed by atoms with Gasteiger partial charge in [-0.1, -0.05) is 80.8 Å². The van der Waals surface area contributed by atoms with Crippen LogP contribution in [0, 0.1) is 18.2 Å². The number of halogens is 1. The largest absolute Gasteiger partial charge is 0.439 e. The van der Waals surface area contributed by atoms with Gasteiger partial charge in [0.05, 0.1) is 18.0 Å². The maximum absolute atomic E-state index is 15.7. The van der Waals surface area contributed by atoms with Crippen molar-refractivity contribution in [2.75, 3.05) is 0 Å². The molecule has 0 saturated carbocycles. The first-order chi connectivity index (χ1) is 20.4. The summed E-state index contributed by atoms with van der Waals surface area (Å²) in [6.07, 6.45) is 2.43. The second kappa shape index (κ2) is 13.3. The predicted molar refractivity (Wildman–Crippen MR) is 166 cm³/mol. The van der Waals surface area contributed by atoms with Crippen molar-refractivity contribution in [1.82, 2.24) is 19.7 Å². The summed E-state index contributed by atoms with van der Waals surface area (Å²) in [7, 11) is 0. The lowest BCUT2D eigenvalue weighted by Crippen LogP contribution is -2.35. The number of nitrogens with one attached hydrogen (secondary N) is 1. The lowest BCUT2D eigenvalue weighted by Gasteiger charge is -2.24. The second-order valence-electron chi connectivity index (χ2n) is 12.0. The summed E-state index contributed by atoms with van der Waals surface area (Å²) >= 11 is 0. The quantitative estimate of drug-likeness (QED) is 0.159. The van der Waals surface area contributed by atoms with Gasteiger partial charge in [0, 0.05) is 23.0 Å². The van der Waals surface area contributed by atoms with Crippen molar-refractivity contribution in [3.05, 3.63) is 91.8 Å². The molecule has 0 spiro atoms. The van der Waals surface area contributed by atoms with Gasteiger partial charge in [0.1, 0.15) is 17.7 Å². The van der Waals surface area contributed by atoms with Gasteiger partial charge in [0.25, 0.3) is 5.56 Å². The van der Waals surface area contributed by atoms with E-state index in [1.54, 1.807) is 28.8 Å². The van der Waals surface area contributed by atoms with E-state index in [-0.39, 0.29) is 35.9 Å². The lowest BCUT2D eigenvalue weighted by atomic mass is 9.90. The van der Waals surface area contributed by atoms with Crippen molar-refractivity contribution in [3.8, 4) is 22.5 Å². The summed E-state index contributed by atoms with van der Waals surface area (Å²) in [6.45, 7) is 14.0. The molecule has 0 unspecified atom stereocenters. The minimum atomic E-state index is -0.670. The number of hydrogen-bond acceptors (Lipinski definition) is 7. The Morgan fingerprint density at radius 1 is 1.14 bits per heavy atom. The van der Waals surface area contributed by atoms with Crippen LogP contribution in [0.15, 0.2) is 61.7 Å². The Bertz CT molecular complexity index is 1730. The first-order valence-corrected chi connectivity index (χ1v) is 14.7. The summed E-state index contributed by atoms with van der Waals surface area (Å²) in [6, 6.07) is 12.1. The number of aromatic nitrogens is 4. The summed E-state index contributed by atoms with van der Waals surface area (Å²) in [5, 5.41) is 8.17. The van der Waals surface area contributed by atoms with E-state index in [1.807, 2.05) is 53.7 Å². The van der Waals surface area contributed by atoms with Gasteiger partial charge in [-0.25, -0.2) is 14.2 Å². The maximum atomic E-state index is 15.7. The van der Waals surface area contributed by atoms with Gasteiger partial charge in [0.15, 0.2) is 5.82 Å². The molecule has 2 aromatic heterocycles. The number of benzene rings is 2. The van der Waals surface area contributed by atoms with E-state index < -0.39 is 11.6 Å². The molecule has 10 heteroatoms. The molecule has 0 amide bonds. The highest BCUT2D eigenvalue weighted by molar-refractivity contribution is 5.88. The summed E-state index contributed by atoms with van der Waals surface area (Å²) in [4.78, 5) is 38.5. The Morgan fingerprint density at radius 3 is 2.47 bits per heavy atom. The van der Waals surface area contributed by atoms with Crippen LogP contribution in [-0.4, -0.2) is 31.5 Å². The predicted octanol–water partition coefficient (Wildman–Crippen LogP) is 6.46. The van der Waals surface area contributed by atoms with Crippen LogP contribution in [0.3, 0.4) is 0 Å². The fourth-order valence-corrected chi connectivity index (χ4v) is 4.73. The Kier molecular flexibility index (Phi) is 9.78. The minimum absolute atomic E-state index is 0.0972. The van der Waals surface area contributed by atoms with Crippen molar-refractivity contribution in [2.24, 2.45) is 10.6 Å². The zero-order valence-electron chi connectivity index (χ0n) is 26.0. The lowest BCUT2D eigenvalue weighted by molar-refractivity contribution is 0.0829. The SMILES string of the molecule is CCCCc1nc(C)n(CC(=NOC(C)C)C(C)(C)C)c(=O)c1Cc1ccc(-c2ccccc2-c2noc(=O)[nH]2)cc1F. The first-order valence-electron chi connectivity index (χ1n) is 14.7. The molecule has 43 heavy (non-hydrogen) atoms. The van der Waals surface area contributed by atoms with Gasteiger partial charge in [-0.3, -0.25) is 18.9 Å². The third-order valence-electron chi connectivity index (χ3n) is 7.21. The molecule has 0 saturated heterocycles. The smallest absolute Gasteiger partial charge is 0.393 e. The van der Waals surface area contributed by atoms with Gasteiger partial charge in [-0.15, -0.1) is 0 Å². The fourth-order valence-electron chi connectivity index (χ4n) is 4.73. The number of unbranched alkanes of at least 4 members (excludes halogenated alkanes) is 1. The van der Waals surface area contributed by atoms with Crippen molar-refractivity contribution in [2.45, 2.75) is 86.8 Å². The highest BCUT2D eigenvalue weighted by Gasteiger charge is 2.24. The Balaban J connectivity index is 1.74. The molecule has 0 radical (unpaired) electrons. The minimum Gasteiger partial charge on any atom is -0.393 e. The van der Waals surface area contributed by atoms with Crippen LogP contribution >= 0.6 is 0 Å². The maximum Gasteiger partial charge on any atom is 0.439 e. The van der Waals surface area contributed by atoms with Crippen molar-refractivity contribution < 1.29 is 13.8 Å². The molecule has 4 rings (SSSR count). The molecular formula is C33H40FN5O4. The summed E-state index contributed by atoms with van der Waals surface area (Å²) < 4.78 is 22.0. The van der Waals surface area contributed by atoms with E-state index in [0.29, 0.717) is 51.5 Å². The summed E-state index contributed by atoms with van der Waals surface area (Å²) in [5.41, 5.74) is 3.59. The van der Waals surface area contributed by atoms with E-state index >= 15 is 4.39 Å². The number of nitrogens with zero attached hydrogens (tertiary/aromatic N) is 4. The van der Waals surface area contributed by atoms with Crippen molar-refractivity contribution in [3.63, 3.8) is 0 Å². The van der Waals surface area contributed by atoms with Crippen LogP contribution < -0.4 is 11.3 Å². The third-order valence-corrected chi connectivity index (χ3v) is 7.21. The molecule has 0 aliphatic carbocycles. The molecule has 4 aromatic rings. The molecule has 0 atom stereocenters. The van der Waals surface area contributed by atoms with Crippen LogP contribution in [0.1, 0.15) is 77.0 Å². The summed E-state index contributed by atoms with van der Waals surface area (Å²) in [5.74, 6) is -0.277. The molecule has 2 heterocycles. The molecule has 0 fully saturated rings. The number of rotatable bonds is 11. The van der Waals surface area contributed by atoms with Crippen LogP contribution in [0.25, 0.3) is 22.5 Å². The van der Waals surface area contributed by atoms with Crippen molar-refractivity contribution >= 4 is 5.71 Å². The number of oxime groups is 1. The number of aryl methyl sites for hydroxylation is 2. The van der Waals surface area contributed by atoms with Crippen LogP contribution in [-0.2, 0) is 24.2 Å². The third kappa shape index (κ3) is 7.55. The molecule has 0 aliphatic heterocycles. The average Bonchev–Trinajstić information content (AvgIpc) is 3.39. The Morgan fingerprint density at radius 2 is 1.86 bits per heavy atom. The zero-order chi connectivity index (χ0) is 31.3. The molecule has 1 N–H and O–H groups in total. The highest BCUT2D eigenvalue weighted by Crippen LogP contribution is 2.31. The van der Waals surface area contributed by atoms with Gasteiger partial charge >= 0.3 is 5.76 Å². The molecule has 2 aromatic carbocycles. The van der Waals surface area contributed by atoms with E-state index in [4.69, 9.17) is 9.82 Å². The Labute approximate surface area is 250 Å². The van der Waals surface area contributed by atoms with Crippen LogP contribution in [0.4, 0.5) is 4.39 Å². The van der Waals surface area contributed by atoms with E-state index in [1.165, 1.54) is 6.07 Å². The zero-order valence-corrected chi connectivity index (χ0v) is 26.0. The Hall–Kier alpha value is -4.34. The fraction of sp³-hybridized carbons (Fsp3) is 0.424. The topological polar surface area (TPSA) is 115 Å². The highest BCUT2D eigenvalue weighted by atomic mass is 19.1. The number of hydrogen-bond donors (Lipinski definition) is 1. The number of H-pyrrole nitrogens is 1. The standard InChI is InChI=1S/C33H40FN5O4/c1-8-9-14-28-26(31(40)39(21(4)35-28)19-29(33(5,6)7)37-42-20(2)3)17-23-16-15-22(18-27(23)34)24-12-10-11-13-25(24)30-36-32(41)43-38-30/h10-13,15-16,18,20H,8-9,14,17,19H2,1-7H3,(H,36,38,41). The van der Waals surface area contributed by atoms with Gasteiger partial charge in [0.2, 0.25) is 0 Å². The van der Waals surface area contributed by atoms with Gasteiger partial charge < -0.3 is 4.84 Å². The average molecular weight is 590 g/mol. The first kappa shape index (κ1) is 31.6. The molecule has 9 nitrogen and oxygen atoms in total. The van der Waals surface area contributed by atoms with Gasteiger partial charge in [-0.2, -0.15) is 0 Å². The monoisotopic (exact) mass is 589 g/mol. The normalized spacial score (nSPS) is 12.3. The molecule has 0 bridgehead atoms. The molecule has 0 aliphatic rings. The van der Waals surface area contributed by atoms with E-state index in [0.717, 1.165) is 12.8 Å². The molecule has 228 valence electrons. The van der Waals surface area contributed by atoms with E-state index in [2.05, 4.69) is 26.7 Å². The van der Waals surface area contributed by atoms with Crippen molar-refractivity contribution in [1.29, 1.82) is 0 Å². The second-order valence-corrected chi connectivity index (χ2v) is 12.0. The van der Waals surface area contributed by atoms with Crippen LogP contribution in [0.2, 0.25) is 0 Å². The molecular weight excluding hydrogens is 549 g/mol. The van der Waals surface area contributed by atoms with Gasteiger partial charge in [-0.05, 0) is 56.4 Å².